The van der Waals surface area contributed by atoms with E-state index in [-0.39, 0.29) is 24.0 Å². The molecule has 2 heterocycles. The molecule has 0 aromatic carbocycles. The zero-order valence-electron chi connectivity index (χ0n) is 15.9. The van der Waals surface area contributed by atoms with Crippen molar-refractivity contribution >= 4 is 35.8 Å². The van der Waals surface area contributed by atoms with E-state index in [4.69, 9.17) is 4.42 Å². The monoisotopic (exact) mass is 471 g/mol. The molecule has 0 aliphatic carbocycles. The lowest BCUT2D eigenvalue weighted by molar-refractivity contribution is 0.506. The van der Waals surface area contributed by atoms with Gasteiger partial charge in [0.15, 0.2) is 5.96 Å². The topological polar surface area (TPSA) is 65.7 Å². The smallest absolute Gasteiger partial charge is 0.191 e. The van der Waals surface area contributed by atoms with Crippen LogP contribution in [0.2, 0.25) is 0 Å². The van der Waals surface area contributed by atoms with Crippen LogP contribution in [0.1, 0.15) is 31.2 Å². The quantitative estimate of drug-likeness (QED) is 0.254. The molecule has 26 heavy (non-hydrogen) atoms. The first kappa shape index (κ1) is 22.3. The molecule has 7 heteroatoms. The Bertz CT molecular complexity index is 643. The molecular weight excluding hydrogens is 441 g/mol. The highest BCUT2D eigenvalue weighted by Crippen LogP contribution is 2.08. The van der Waals surface area contributed by atoms with Gasteiger partial charge in [-0.05, 0) is 30.7 Å². The molecule has 2 rings (SSSR count). The molecule has 0 atom stereocenters. The van der Waals surface area contributed by atoms with Crippen LogP contribution >= 0.6 is 24.0 Å². The van der Waals surface area contributed by atoms with Crippen LogP contribution in [-0.2, 0) is 13.0 Å². The summed E-state index contributed by atoms with van der Waals surface area (Å²) < 4.78 is 5.36. The molecule has 0 bridgehead atoms. The van der Waals surface area contributed by atoms with Crippen molar-refractivity contribution in [2.75, 3.05) is 32.1 Å². The van der Waals surface area contributed by atoms with Crippen molar-refractivity contribution in [3.05, 3.63) is 48.0 Å². The maximum atomic E-state index is 5.36. The zero-order chi connectivity index (χ0) is 17.9. The number of hydrogen-bond acceptors (Lipinski definition) is 4. The molecule has 2 aromatic heterocycles. The summed E-state index contributed by atoms with van der Waals surface area (Å²) in [6, 6.07) is 9.91. The van der Waals surface area contributed by atoms with Crippen LogP contribution in [0.4, 0.5) is 5.82 Å². The van der Waals surface area contributed by atoms with Crippen LogP contribution < -0.4 is 15.5 Å². The summed E-state index contributed by atoms with van der Waals surface area (Å²) in [5.41, 5.74) is 0.953. The number of pyridine rings is 1. The normalized spacial score (nSPS) is 11.0. The lowest BCUT2D eigenvalue weighted by Crippen LogP contribution is -2.39. The van der Waals surface area contributed by atoms with Crippen molar-refractivity contribution in [3.8, 4) is 0 Å². The minimum absolute atomic E-state index is 0. The fourth-order valence-corrected chi connectivity index (χ4v) is 2.28. The molecule has 144 valence electrons. The van der Waals surface area contributed by atoms with Gasteiger partial charge in [0.2, 0.25) is 0 Å². The van der Waals surface area contributed by atoms with Gasteiger partial charge in [-0.25, -0.2) is 9.98 Å². The molecule has 0 radical (unpaired) electrons. The van der Waals surface area contributed by atoms with Gasteiger partial charge in [0, 0.05) is 33.6 Å². The molecule has 0 spiro atoms. The Balaban J connectivity index is 0.00000338. The third-order valence-electron chi connectivity index (χ3n) is 3.72. The largest absolute Gasteiger partial charge is 0.469 e. The van der Waals surface area contributed by atoms with Gasteiger partial charge >= 0.3 is 0 Å². The molecule has 6 nitrogen and oxygen atoms in total. The number of aromatic nitrogens is 1. The molecule has 0 saturated carbocycles. The van der Waals surface area contributed by atoms with Gasteiger partial charge in [0.05, 0.1) is 18.5 Å². The van der Waals surface area contributed by atoms with E-state index in [0.29, 0.717) is 6.54 Å². The first-order valence-corrected chi connectivity index (χ1v) is 8.87. The minimum Gasteiger partial charge on any atom is -0.469 e. The predicted molar refractivity (Wildman–Crippen MR) is 118 cm³/mol. The molecule has 0 aliphatic heterocycles. The van der Waals surface area contributed by atoms with Gasteiger partial charge in [0.1, 0.15) is 11.6 Å². The van der Waals surface area contributed by atoms with E-state index in [1.165, 1.54) is 0 Å². The van der Waals surface area contributed by atoms with Crippen LogP contribution in [0.5, 0.6) is 0 Å². The van der Waals surface area contributed by atoms with E-state index in [0.717, 1.165) is 55.6 Å². The fourth-order valence-electron chi connectivity index (χ4n) is 2.28. The van der Waals surface area contributed by atoms with Crippen molar-refractivity contribution in [2.45, 2.75) is 32.7 Å². The van der Waals surface area contributed by atoms with Crippen molar-refractivity contribution in [2.24, 2.45) is 4.99 Å². The number of hydrogen-bond donors (Lipinski definition) is 2. The molecule has 2 aromatic rings. The Morgan fingerprint density at radius 2 is 1.96 bits per heavy atom. The standard InChI is InChI=1S/C19H29N5O.HI/c1-4-5-12-20-19(21-13-11-17-9-7-14-25-17)22-15-16-8-6-10-18(23-16)24(2)3;/h6-10,14H,4-5,11-13,15H2,1-3H3,(H2,20,21,22);1H. The third-order valence-corrected chi connectivity index (χ3v) is 3.72. The molecular formula is C19H30IN5O. The van der Waals surface area contributed by atoms with Gasteiger partial charge in [-0.1, -0.05) is 19.4 Å². The Hall–Kier alpha value is -1.77. The summed E-state index contributed by atoms with van der Waals surface area (Å²) in [6.45, 7) is 4.41. The predicted octanol–water partition coefficient (Wildman–Crippen LogP) is 3.44. The lowest BCUT2D eigenvalue weighted by Gasteiger charge is -2.13. The van der Waals surface area contributed by atoms with Crippen LogP contribution in [0.3, 0.4) is 0 Å². The summed E-state index contributed by atoms with van der Waals surface area (Å²) in [6.07, 6.45) is 4.80. The Morgan fingerprint density at radius 3 is 2.65 bits per heavy atom. The van der Waals surface area contributed by atoms with E-state index in [1.807, 2.05) is 49.3 Å². The number of rotatable bonds is 9. The maximum Gasteiger partial charge on any atom is 0.191 e. The second-order valence-electron chi connectivity index (χ2n) is 6.08. The van der Waals surface area contributed by atoms with Crippen LogP contribution in [0, 0.1) is 0 Å². The van der Waals surface area contributed by atoms with Crippen LogP contribution in [0.25, 0.3) is 0 Å². The second kappa shape index (κ2) is 12.6. The molecule has 2 N–H and O–H groups in total. The van der Waals surface area contributed by atoms with E-state index < -0.39 is 0 Å². The Labute approximate surface area is 173 Å². The first-order valence-electron chi connectivity index (χ1n) is 8.87. The summed E-state index contributed by atoms with van der Waals surface area (Å²) in [7, 11) is 3.98. The third kappa shape index (κ3) is 8.07. The molecule has 0 aliphatic rings. The summed E-state index contributed by atoms with van der Waals surface area (Å²) in [4.78, 5) is 11.3. The van der Waals surface area contributed by atoms with Crippen molar-refractivity contribution in [3.63, 3.8) is 0 Å². The fraction of sp³-hybridized carbons (Fsp3) is 0.474. The number of unbranched alkanes of at least 4 members (excludes halogenated alkanes) is 1. The molecule has 0 amide bonds. The Kier molecular flexibility index (Phi) is 10.8. The SMILES string of the molecule is CCCCNC(=NCc1cccc(N(C)C)n1)NCCc1ccco1.I. The van der Waals surface area contributed by atoms with Gasteiger partial charge < -0.3 is 20.0 Å². The minimum atomic E-state index is 0. The number of anilines is 1. The number of nitrogens with zero attached hydrogens (tertiary/aromatic N) is 3. The number of guanidine groups is 1. The highest BCUT2D eigenvalue weighted by atomic mass is 127. The Morgan fingerprint density at radius 1 is 1.15 bits per heavy atom. The second-order valence-corrected chi connectivity index (χ2v) is 6.08. The summed E-state index contributed by atoms with van der Waals surface area (Å²) >= 11 is 0. The van der Waals surface area contributed by atoms with Gasteiger partial charge in [-0.15, -0.1) is 24.0 Å². The van der Waals surface area contributed by atoms with E-state index in [2.05, 4.69) is 27.5 Å². The lowest BCUT2D eigenvalue weighted by atomic mass is 10.3. The van der Waals surface area contributed by atoms with Gasteiger partial charge in [-0.2, -0.15) is 0 Å². The summed E-state index contributed by atoms with van der Waals surface area (Å²) in [5.74, 6) is 2.73. The van der Waals surface area contributed by atoms with Crippen molar-refractivity contribution in [1.29, 1.82) is 0 Å². The maximum absolute atomic E-state index is 5.36. The van der Waals surface area contributed by atoms with Crippen LogP contribution in [-0.4, -0.2) is 38.1 Å². The highest BCUT2D eigenvalue weighted by molar-refractivity contribution is 14.0. The average molecular weight is 471 g/mol. The highest BCUT2D eigenvalue weighted by Gasteiger charge is 2.02. The van der Waals surface area contributed by atoms with E-state index >= 15 is 0 Å². The molecule has 0 saturated heterocycles. The molecule has 0 fully saturated rings. The van der Waals surface area contributed by atoms with Crippen molar-refractivity contribution in [1.82, 2.24) is 15.6 Å². The number of furan rings is 1. The van der Waals surface area contributed by atoms with Gasteiger partial charge in [-0.3, -0.25) is 0 Å². The first-order chi connectivity index (χ1) is 12.2. The number of halogens is 1. The van der Waals surface area contributed by atoms with Gasteiger partial charge in [0.25, 0.3) is 0 Å². The average Bonchev–Trinajstić information content (AvgIpc) is 3.13. The van der Waals surface area contributed by atoms with E-state index in [1.54, 1.807) is 6.26 Å². The van der Waals surface area contributed by atoms with E-state index in [9.17, 15) is 0 Å². The molecule has 0 unspecified atom stereocenters. The van der Waals surface area contributed by atoms with Crippen LogP contribution in [0.15, 0.2) is 46.0 Å². The van der Waals surface area contributed by atoms with Crippen molar-refractivity contribution < 1.29 is 4.42 Å². The summed E-state index contributed by atoms with van der Waals surface area (Å²) in [5, 5.41) is 6.74. The zero-order valence-corrected chi connectivity index (χ0v) is 18.2. The number of nitrogens with one attached hydrogen (secondary N) is 2. The number of aliphatic imine (C=N–C) groups is 1.